The van der Waals surface area contributed by atoms with Gasteiger partial charge in [-0.1, -0.05) is 36.4 Å². The highest BCUT2D eigenvalue weighted by Gasteiger charge is 2.15. The first-order chi connectivity index (χ1) is 13.9. The molecule has 0 saturated carbocycles. The second kappa shape index (κ2) is 7.03. The standard InChI is InChI=1S/C21H17N7/c1-2-6-15(7-3-1)9-12-19-23-21(28(26-19)20-8-4-5-13-22-20)16-10-11-17-18(14-16)25-27-24-17/h1-8,10-11,13-14H,9,12H2,(H,24,25,27). The molecular formula is C21H17N7. The van der Waals surface area contributed by atoms with Crippen LogP contribution in [0.25, 0.3) is 28.2 Å². The molecule has 0 atom stereocenters. The maximum absolute atomic E-state index is 4.82. The Morgan fingerprint density at radius 1 is 0.821 bits per heavy atom. The first-order valence-electron chi connectivity index (χ1n) is 9.09. The third-order valence-electron chi connectivity index (χ3n) is 4.57. The summed E-state index contributed by atoms with van der Waals surface area (Å²) in [6.07, 6.45) is 3.39. The van der Waals surface area contributed by atoms with Crippen molar-refractivity contribution in [3.63, 3.8) is 0 Å². The number of H-pyrrole nitrogens is 1. The molecule has 0 bridgehead atoms. The van der Waals surface area contributed by atoms with Crippen LogP contribution in [0.2, 0.25) is 0 Å². The van der Waals surface area contributed by atoms with Crippen molar-refractivity contribution in [1.29, 1.82) is 0 Å². The van der Waals surface area contributed by atoms with Gasteiger partial charge in [0.05, 0.1) is 0 Å². The molecule has 3 aromatic heterocycles. The van der Waals surface area contributed by atoms with Gasteiger partial charge in [0.15, 0.2) is 17.5 Å². The summed E-state index contributed by atoms with van der Waals surface area (Å²) in [6, 6.07) is 22.0. The van der Waals surface area contributed by atoms with Crippen LogP contribution in [0.15, 0.2) is 72.9 Å². The Morgan fingerprint density at radius 3 is 2.54 bits per heavy atom. The van der Waals surface area contributed by atoms with Crippen LogP contribution in [0.4, 0.5) is 0 Å². The number of aryl methyl sites for hydroxylation is 2. The van der Waals surface area contributed by atoms with Gasteiger partial charge < -0.3 is 0 Å². The molecule has 0 amide bonds. The van der Waals surface area contributed by atoms with Crippen molar-refractivity contribution in [3.05, 3.63) is 84.3 Å². The van der Waals surface area contributed by atoms with Gasteiger partial charge >= 0.3 is 0 Å². The molecular weight excluding hydrogens is 350 g/mol. The van der Waals surface area contributed by atoms with E-state index in [0.717, 1.165) is 46.9 Å². The number of aromatic amines is 1. The van der Waals surface area contributed by atoms with Gasteiger partial charge in [0.25, 0.3) is 0 Å². The normalized spacial score (nSPS) is 11.1. The molecule has 5 rings (SSSR count). The summed E-state index contributed by atoms with van der Waals surface area (Å²) in [5, 5.41) is 15.7. The summed E-state index contributed by atoms with van der Waals surface area (Å²) in [6.45, 7) is 0. The van der Waals surface area contributed by atoms with Crippen molar-refractivity contribution < 1.29 is 0 Å². The van der Waals surface area contributed by atoms with Gasteiger partial charge in [-0.05, 0) is 42.3 Å². The van der Waals surface area contributed by atoms with Crippen LogP contribution in [0.3, 0.4) is 0 Å². The minimum Gasteiger partial charge on any atom is -0.237 e. The van der Waals surface area contributed by atoms with Crippen LogP contribution >= 0.6 is 0 Å². The Balaban J connectivity index is 1.55. The van der Waals surface area contributed by atoms with E-state index in [4.69, 9.17) is 10.1 Å². The Labute approximate surface area is 161 Å². The summed E-state index contributed by atoms with van der Waals surface area (Å²) >= 11 is 0. The SMILES string of the molecule is c1ccc(CCc2nc(-c3ccc4n[nH]nc4c3)n(-c3ccccn3)n2)cc1. The van der Waals surface area contributed by atoms with E-state index < -0.39 is 0 Å². The van der Waals surface area contributed by atoms with Gasteiger partial charge in [-0.3, -0.25) is 0 Å². The van der Waals surface area contributed by atoms with Crippen molar-refractivity contribution in [3.8, 4) is 17.2 Å². The maximum Gasteiger partial charge on any atom is 0.165 e. The second-order valence-electron chi connectivity index (χ2n) is 6.46. The average Bonchev–Trinajstić information content (AvgIpc) is 3.40. The zero-order chi connectivity index (χ0) is 18.8. The Hall–Kier alpha value is -3.87. The lowest BCUT2D eigenvalue weighted by atomic mass is 10.1. The van der Waals surface area contributed by atoms with Gasteiger partial charge in [-0.2, -0.15) is 20.1 Å². The fourth-order valence-corrected chi connectivity index (χ4v) is 3.17. The number of pyridine rings is 1. The highest BCUT2D eigenvalue weighted by molar-refractivity contribution is 5.79. The summed E-state index contributed by atoms with van der Waals surface area (Å²) in [5.41, 5.74) is 3.80. The minimum absolute atomic E-state index is 0.733. The molecule has 3 heterocycles. The van der Waals surface area contributed by atoms with E-state index in [1.165, 1.54) is 5.56 Å². The van der Waals surface area contributed by atoms with E-state index in [0.29, 0.717) is 0 Å². The van der Waals surface area contributed by atoms with Crippen LogP contribution < -0.4 is 0 Å². The molecule has 136 valence electrons. The second-order valence-corrected chi connectivity index (χ2v) is 6.46. The largest absolute Gasteiger partial charge is 0.237 e. The molecule has 0 radical (unpaired) electrons. The lowest BCUT2D eigenvalue weighted by molar-refractivity contribution is 0.798. The van der Waals surface area contributed by atoms with E-state index in [9.17, 15) is 0 Å². The summed E-state index contributed by atoms with van der Waals surface area (Å²) in [7, 11) is 0. The maximum atomic E-state index is 4.82. The van der Waals surface area contributed by atoms with Gasteiger partial charge in [0.2, 0.25) is 0 Å². The predicted octanol–water partition coefficient (Wildman–Crippen LogP) is 3.39. The molecule has 5 aromatic rings. The summed E-state index contributed by atoms with van der Waals surface area (Å²) in [4.78, 5) is 9.26. The van der Waals surface area contributed by atoms with Crippen molar-refractivity contribution in [2.45, 2.75) is 12.8 Å². The van der Waals surface area contributed by atoms with Crippen molar-refractivity contribution in [2.75, 3.05) is 0 Å². The van der Waals surface area contributed by atoms with Crippen LogP contribution in [-0.4, -0.2) is 35.2 Å². The summed E-state index contributed by atoms with van der Waals surface area (Å²) in [5.74, 6) is 2.26. The van der Waals surface area contributed by atoms with E-state index in [-0.39, 0.29) is 0 Å². The number of nitrogens with one attached hydrogen (secondary N) is 1. The lowest BCUT2D eigenvalue weighted by Gasteiger charge is -2.04. The third kappa shape index (κ3) is 3.14. The average molecular weight is 367 g/mol. The van der Waals surface area contributed by atoms with Gasteiger partial charge in [-0.15, -0.1) is 5.10 Å². The molecule has 0 unspecified atom stereocenters. The molecule has 28 heavy (non-hydrogen) atoms. The highest BCUT2D eigenvalue weighted by atomic mass is 15.4. The highest BCUT2D eigenvalue weighted by Crippen LogP contribution is 2.23. The Bertz CT molecular complexity index is 1210. The van der Waals surface area contributed by atoms with Gasteiger partial charge in [0, 0.05) is 18.2 Å². The molecule has 7 heteroatoms. The van der Waals surface area contributed by atoms with E-state index in [1.54, 1.807) is 10.9 Å². The zero-order valence-electron chi connectivity index (χ0n) is 15.0. The monoisotopic (exact) mass is 367 g/mol. The molecule has 0 aliphatic rings. The lowest BCUT2D eigenvalue weighted by Crippen LogP contribution is -2.02. The fraction of sp³-hybridized carbons (Fsp3) is 0.0952. The molecule has 7 nitrogen and oxygen atoms in total. The molecule has 0 spiro atoms. The summed E-state index contributed by atoms with van der Waals surface area (Å²) < 4.78 is 1.79. The van der Waals surface area contributed by atoms with Crippen LogP contribution in [0.1, 0.15) is 11.4 Å². The Kier molecular flexibility index (Phi) is 4.10. The predicted molar refractivity (Wildman–Crippen MR) is 106 cm³/mol. The number of aromatic nitrogens is 7. The van der Waals surface area contributed by atoms with Gasteiger partial charge in [-0.25, -0.2) is 9.97 Å². The molecule has 0 fully saturated rings. The van der Waals surface area contributed by atoms with Gasteiger partial charge in [0.1, 0.15) is 11.0 Å². The van der Waals surface area contributed by atoms with Crippen molar-refractivity contribution in [1.82, 2.24) is 35.2 Å². The van der Waals surface area contributed by atoms with Crippen LogP contribution in [-0.2, 0) is 12.8 Å². The molecule has 2 aromatic carbocycles. The smallest absolute Gasteiger partial charge is 0.165 e. The Morgan fingerprint density at radius 2 is 1.68 bits per heavy atom. The first kappa shape index (κ1) is 16.3. The van der Waals surface area contributed by atoms with Crippen molar-refractivity contribution in [2.24, 2.45) is 0 Å². The van der Waals surface area contributed by atoms with E-state index in [1.807, 2.05) is 54.6 Å². The van der Waals surface area contributed by atoms with E-state index in [2.05, 4.69) is 32.5 Å². The minimum atomic E-state index is 0.733. The number of rotatable bonds is 5. The van der Waals surface area contributed by atoms with E-state index >= 15 is 0 Å². The molecule has 0 aliphatic heterocycles. The number of hydrogen-bond donors (Lipinski definition) is 1. The number of hydrogen-bond acceptors (Lipinski definition) is 5. The fourth-order valence-electron chi connectivity index (χ4n) is 3.17. The first-order valence-corrected chi connectivity index (χ1v) is 9.09. The number of nitrogens with zero attached hydrogens (tertiary/aromatic N) is 6. The number of benzene rings is 2. The topological polar surface area (TPSA) is 85.2 Å². The molecule has 0 aliphatic carbocycles. The molecule has 0 saturated heterocycles. The molecule has 1 N–H and O–H groups in total. The number of fused-ring (bicyclic) bond motifs is 1. The quantitative estimate of drug-likeness (QED) is 0.515. The zero-order valence-corrected chi connectivity index (χ0v) is 15.0. The van der Waals surface area contributed by atoms with Crippen molar-refractivity contribution >= 4 is 11.0 Å². The van der Waals surface area contributed by atoms with Crippen LogP contribution in [0, 0.1) is 0 Å². The third-order valence-corrected chi connectivity index (χ3v) is 4.57. The van der Waals surface area contributed by atoms with Crippen LogP contribution in [0.5, 0.6) is 0 Å².